The van der Waals surface area contributed by atoms with Gasteiger partial charge in [0.05, 0.1) is 5.92 Å². The van der Waals surface area contributed by atoms with Gasteiger partial charge in [-0.05, 0) is 0 Å². The fraction of sp³-hybridized carbons (Fsp3) is 0.714. The van der Waals surface area contributed by atoms with Gasteiger partial charge in [-0.15, -0.1) is 0 Å². The number of rotatable bonds is 0. The summed E-state index contributed by atoms with van der Waals surface area (Å²) in [5.41, 5.74) is 0. The molecule has 2 aliphatic rings. The number of Topliss-reactive ketones (excluding diaryl/α,β-unsaturated/α-hetero) is 1. The first-order chi connectivity index (χ1) is 4.70. The molecule has 0 amide bonds. The zero-order chi connectivity index (χ0) is 7.30. The SMILES string of the molecule is CC1C(=O)CC2C(=O)OC12. The molecule has 54 valence electrons. The van der Waals surface area contributed by atoms with Crippen molar-refractivity contribution in [1.29, 1.82) is 0 Å². The average Bonchev–Trinajstić information content (AvgIpc) is 2.12. The summed E-state index contributed by atoms with van der Waals surface area (Å²) in [7, 11) is 0. The van der Waals surface area contributed by atoms with E-state index in [4.69, 9.17) is 4.74 Å². The molecule has 1 saturated heterocycles. The third-order valence-electron chi connectivity index (χ3n) is 2.37. The Morgan fingerprint density at radius 3 is 2.60 bits per heavy atom. The van der Waals surface area contributed by atoms with E-state index in [0.29, 0.717) is 6.42 Å². The van der Waals surface area contributed by atoms with Crippen molar-refractivity contribution in [2.45, 2.75) is 19.4 Å². The normalized spacial score (nSPS) is 44.3. The summed E-state index contributed by atoms with van der Waals surface area (Å²) < 4.78 is 4.79. The monoisotopic (exact) mass is 140 g/mol. The van der Waals surface area contributed by atoms with E-state index >= 15 is 0 Å². The van der Waals surface area contributed by atoms with Gasteiger partial charge in [0.2, 0.25) is 0 Å². The van der Waals surface area contributed by atoms with E-state index in [1.54, 1.807) is 0 Å². The number of esters is 1. The molecular formula is C7H8O3. The summed E-state index contributed by atoms with van der Waals surface area (Å²) in [5, 5.41) is 0. The van der Waals surface area contributed by atoms with Crippen LogP contribution in [-0.4, -0.2) is 17.9 Å². The highest BCUT2D eigenvalue weighted by molar-refractivity contribution is 5.94. The molecule has 1 saturated carbocycles. The van der Waals surface area contributed by atoms with Gasteiger partial charge in [-0.1, -0.05) is 6.92 Å². The average molecular weight is 140 g/mol. The van der Waals surface area contributed by atoms with E-state index in [9.17, 15) is 9.59 Å². The van der Waals surface area contributed by atoms with E-state index in [1.807, 2.05) is 6.92 Å². The molecule has 2 fully saturated rings. The van der Waals surface area contributed by atoms with Crippen LogP contribution in [0.25, 0.3) is 0 Å². The van der Waals surface area contributed by atoms with Gasteiger partial charge in [0, 0.05) is 6.42 Å². The van der Waals surface area contributed by atoms with Crippen molar-refractivity contribution in [2.24, 2.45) is 11.8 Å². The van der Waals surface area contributed by atoms with Crippen molar-refractivity contribution in [1.82, 2.24) is 0 Å². The number of carbonyl (C=O) groups is 2. The molecule has 3 heteroatoms. The molecule has 3 unspecified atom stereocenters. The van der Waals surface area contributed by atoms with Crippen molar-refractivity contribution in [3.8, 4) is 0 Å². The molecule has 10 heavy (non-hydrogen) atoms. The zero-order valence-corrected chi connectivity index (χ0v) is 5.66. The molecule has 0 aromatic carbocycles. The van der Waals surface area contributed by atoms with Crippen LogP contribution in [0.4, 0.5) is 0 Å². The Hall–Kier alpha value is -0.860. The Bertz CT molecular complexity index is 209. The van der Waals surface area contributed by atoms with Crippen molar-refractivity contribution < 1.29 is 14.3 Å². The van der Waals surface area contributed by atoms with Gasteiger partial charge in [-0.2, -0.15) is 0 Å². The molecule has 2 rings (SSSR count). The smallest absolute Gasteiger partial charge is 0.313 e. The molecule has 0 aromatic rings. The minimum Gasteiger partial charge on any atom is -0.460 e. The first kappa shape index (κ1) is 5.89. The lowest BCUT2D eigenvalue weighted by Gasteiger charge is -2.30. The molecule has 0 aromatic heterocycles. The van der Waals surface area contributed by atoms with Gasteiger partial charge in [-0.3, -0.25) is 9.59 Å². The largest absolute Gasteiger partial charge is 0.460 e. The summed E-state index contributed by atoms with van der Waals surface area (Å²) in [6.07, 6.45) is 0.324. The molecule has 3 atom stereocenters. The second-order valence-electron chi connectivity index (χ2n) is 2.97. The Kier molecular flexibility index (Phi) is 0.938. The molecule has 1 heterocycles. The number of ketones is 1. The Morgan fingerprint density at radius 1 is 1.50 bits per heavy atom. The minimum absolute atomic E-state index is 0.0531. The van der Waals surface area contributed by atoms with E-state index in [1.165, 1.54) is 0 Å². The maximum atomic E-state index is 10.9. The quantitative estimate of drug-likeness (QED) is 0.449. The molecule has 0 radical (unpaired) electrons. The van der Waals surface area contributed by atoms with Gasteiger partial charge >= 0.3 is 5.97 Å². The summed E-state index contributed by atoms with van der Waals surface area (Å²) in [6.45, 7) is 1.82. The molecule has 1 aliphatic heterocycles. The van der Waals surface area contributed by atoms with Crippen molar-refractivity contribution in [3.05, 3.63) is 0 Å². The summed E-state index contributed by atoms with van der Waals surface area (Å²) in [6, 6.07) is 0. The fourth-order valence-corrected chi connectivity index (χ4v) is 1.60. The van der Waals surface area contributed by atoms with Gasteiger partial charge in [0.25, 0.3) is 0 Å². The standard InChI is InChI=1S/C7H8O3/c1-3-5(8)2-4-6(3)10-7(4)9/h3-4,6H,2H2,1H3. The first-order valence-electron chi connectivity index (χ1n) is 3.43. The van der Waals surface area contributed by atoms with Crippen LogP contribution in [0.1, 0.15) is 13.3 Å². The van der Waals surface area contributed by atoms with Crippen LogP contribution >= 0.6 is 0 Å². The molecule has 0 bridgehead atoms. The van der Waals surface area contributed by atoms with Crippen LogP contribution in [0.2, 0.25) is 0 Å². The second-order valence-corrected chi connectivity index (χ2v) is 2.97. The van der Waals surface area contributed by atoms with Crippen LogP contribution in [-0.2, 0) is 14.3 Å². The minimum atomic E-state index is -0.192. The van der Waals surface area contributed by atoms with Gasteiger partial charge in [0.1, 0.15) is 17.8 Å². The summed E-state index contributed by atoms with van der Waals surface area (Å²) >= 11 is 0. The molecule has 1 aliphatic carbocycles. The van der Waals surface area contributed by atoms with E-state index < -0.39 is 0 Å². The van der Waals surface area contributed by atoms with Gasteiger partial charge in [0.15, 0.2) is 0 Å². The van der Waals surface area contributed by atoms with Crippen molar-refractivity contribution >= 4 is 11.8 Å². The van der Waals surface area contributed by atoms with E-state index in [0.717, 1.165) is 0 Å². The number of hydrogen-bond donors (Lipinski definition) is 0. The zero-order valence-electron chi connectivity index (χ0n) is 5.66. The Labute approximate surface area is 58.4 Å². The predicted molar refractivity (Wildman–Crippen MR) is 32.2 cm³/mol. The molecular weight excluding hydrogens is 132 g/mol. The molecule has 3 nitrogen and oxygen atoms in total. The summed E-state index contributed by atoms with van der Waals surface area (Å²) in [5.74, 6) is -0.172. The highest BCUT2D eigenvalue weighted by Crippen LogP contribution is 2.38. The molecule has 0 N–H and O–H groups in total. The van der Waals surface area contributed by atoms with Crippen molar-refractivity contribution in [3.63, 3.8) is 0 Å². The lowest BCUT2D eigenvalue weighted by molar-refractivity contribution is -0.183. The number of carbonyl (C=O) groups excluding carboxylic acids is 2. The fourth-order valence-electron chi connectivity index (χ4n) is 1.60. The maximum Gasteiger partial charge on any atom is 0.313 e. The van der Waals surface area contributed by atoms with Gasteiger partial charge < -0.3 is 4.74 Å². The van der Waals surface area contributed by atoms with Crippen molar-refractivity contribution in [2.75, 3.05) is 0 Å². The van der Waals surface area contributed by atoms with Gasteiger partial charge in [-0.25, -0.2) is 0 Å². The third-order valence-corrected chi connectivity index (χ3v) is 2.37. The van der Waals surface area contributed by atoms with Crippen LogP contribution in [0, 0.1) is 11.8 Å². The third kappa shape index (κ3) is 0.503. The maximum absolute atomic E-state index is 10.9. The Morgan fingerprint density at radius 2 is 2.20 bits per heavy atom. The number of fused-ring (bicyclic) bond motifs is 1. The van der Waals surface area contributed by atoms with Crippen LogP contribution in [0.5, 0.6) is 0 Å². The van der Waals surface area contributed by atoms with Crippen LogP contribution in [0.15, 0.2) is 0 Å². The Balaban J connectivity index is 2.20. The highest BCUT2D eigenvalue weighted by Gasteiger charge is 2.53. The molecule has 0 spiro atoms. The number of hydrogen-bond acceptors (Lipinski definition) is 3. The first-order valence-corrected chi connectivity index (χ1v) is 3.43. The predicted octanol–water partition coefficient (Wildman–Crippen LogP) is 0.137. The lowest BCUT2D eigenvalue weighted by Crippen LogP contribution is -2.43. The van der Waals surface area contributed by atoms with Crippen LogP contribution < -0.4 is 0 Å². The summed E-state index contributed by atoms with van der Waals surface area (Å²) in [4.78, 5) is 21.6. The van der Waals surface area contributed by atoms with Crippen LogP contribution in [0.3, 0.4) is 0 Å². The van der Waals surface area contributed by atoms with E-state index in [-0.39, 0.29) is 29.7 Å². The lowest BCUT2D eigenvalue weighted by atomic mass is 9.97. The highest BCUT2D eigenvalue weighted by atomic mass is 16.6. The van der Waals surface area contributed by atoms with E-state index in [2.05, 4.69) is 0 Å². The second kappa shape index (κ2) is 1.59. The number of ether oxygens (including phenoxy) is 1. The topological polar surface area (TPSA) is 43.4 Å².